The van der Waals surface area contributed by atoms with E-state index in [1.54, 1.807) is 0 Å². The molecule has 0 fully saturated rings. The zero-order valence-electron chi connectivity index (χ0n) is 11.5. The van der Waals surface area contributed by atoms with Crippen molar-refractivity contribution in [2.45, 2.75) is 52.7 Å². The van der Waals surface area contributed by atoms with Crippen LogP contribution >= 0.6 is 0 Å². The molecule has 0 aliphatic heterocycles. The summed E-state index contributed by atoms with van der Waals surface area (Å²) in [6, 6.07) is 8.72. The third-order valence-electron chi connectivity index (χ3n) is 3.14. The molecule has 0 amide bonds. The van der Waals surface area contributed by atoms with E-state index in [1.807, 2.05) is 6.07 Å². The van der Waals surface area contributed by atoms with E-state index < -0.39 is 0 Å². The molecule has 1 aromatic carbocycles. The predicted octanol–water partition coefficient (Wildman–Crippen LogP) is 3.40. The van der Waals surface area contributed by atoms with Crippen molar-refractivity contribution in [2.24, 2.45) is 0 Å². The summed E-state index contributed by atoms with van der Waals surface area (Å²) in [7, 11) is 0. The molecule has 0 aromatic heterocycles. The molecule has 0 heterocycles. The van der Waals surface area contributed by atoms with E-state index in [1.165, 1.54) is 5.56 Å². The number of aryl methyl sites for hydroxylation is 1. The van der Waals surface area contributed by atoms with Crippen molar-refractivity contribution in [1.82, 2.24) is 5.32 Å². The number of hydrogen-bond donors (Lipinski definition) is 1. The highest BCUT2D eigenvalue weighted by molar-refractivity contribution is 5.33. The van der Waals surface area contributed by atoms with Gasteiger partial charge in [-0.25, -0.2) is 0 Å². The first-order chi connectivity index (χ1) is 8.22. The molecule has 0 spiro atoms. The molecule has 0 saturated heterocycles. The van der Waals surface area contributed by atoms with Crippen LogP contribution in [0.4, 0.5) is 0 Å². The smallest absolute Gasteiger partial charge is 0.122 e. The van der Waals surface area contributed by atoms with Gasteiger partial charge in [0.1, 0.15) is 11.9 Å². The maximum absolute atomic E-state index is 6.08. The average Bonchev–Trinajstić information content (AvgIpc) is 2.36. The van der Waals surface area contributed by atoms with Gasteiger partial charge < -0.3 is 10.1 Å². The Labute approximate surface area is 105 Å². The number of ether oxygens (including phenoxy) is 1. The second kappa shape index (κ2) is 7.33. The van der Waals surface area contributed by atoms with Gasteiger partial charge in [-0.2, -0.15) is 0 Å². The summed E-state index contributed by atoms with van der Waals surface area (Å²) >= 11 is 0. The highest BCUT2D eigenvalue weighted by Gasteiger charge is 2.16. The van der Waals surface area contributed by atoms with Crippen LogP contribution in [0.15, 0.2) is 24.3 Å². The highest BCUT2D eigenvalue weighted by Crippen LogP contribution is 2.20. The maximum atomic E-state index is 6.08. The molecule has 0 radical (unpaired) electrons. The lowest BCUT2D eigenvalue weighted by Crippen LogP contribution is -2.40. The highest BCUT2D eigenvalue weighted by atomic mass is 16.5. The minimum Gasteiger partial charge on any atom is -0.489 e. The minimum absolute atomic E-state index is 0.202. The largest absolute Gasteiger partial charge is 0.489 e. The zero-order chi connectivity index (χ0) is 12.7. The van der Waals surface area contributed by atoms with Gasteiger partial charge in [-0.1, -0.05) is 39.0 Å². The fraction of sp³-hybridized carbons (Fsp3) is 0.600. The number of hydrogen-bond acceptors (Lipinski definition) is 2. The Morgan fingerprint density at radius 2 is 1.88 bits per heavy atom. The molecule has 17 heavy (non-hydrogen) atoms. The normalized spacial score (nSPS) is 14.4. The second-order valence-electron chi connectivity index (χ2n) is 4.36. The summed E-state index contributed by atoms with van der Waals surface area (Å²) in [5.74, 6) is 1.03. The van der Waals surface area contributed by atoms with Gasteiger partial charge in [0.25, 0.3) is 0 Å². The van der Waals surface area contributed by atoms with Crippen LogP contribution in [-0.4, -0.2) is 18.7 Å². The van der Waals surface area contributed by atoms with Gasteiger partial charge in [0.15, 0.2) is 0 Å². The van der Waals surface area contributed by atoms with E-state index in [4.69, 9.17) is 4.74 Å². The maximum Gasteiger partial charge on any atom is 0.122 e. The number of benzene rings is 1. The van der Waals surface area contributed by atoms with Crippen LogP contribution in [0.2, 0.25) is 0 Å². The van der Waals surface area contributed by atoms with Crippen molar-refractivity contribution >= 4 is 0 Å². The van der Waals surface area contributed by atoms with E-state index in [2.05, 4.69) is 51.2 Å². The number of nitrogens with one attached hydrogen (secondary N) is 1. The minimum atomic E-state index is 0.202. The van der Waals surface area contributed by atoms with E-state index in [0.29, 0.717) is 6.04 Å². The third-order valence-corrected chi connectivity index (χ3v) is 3.14. The summed E-state index contributed by atoms with van der Waals surface area (Å²) < 4.78 is 6.08. The second-order valence-corrected chi connectivity index (χ2v) is 4.36. The Kier molecular flexibility index (Phi) is 6.06. The van der Waals surface area contributed by atoms with E-state index in [9.17, 15) is 0 Å². The molecule has 2 nitrogen and oxygen atoms in total. The van der Waals surface area contributed by atoms with Crippen molar-refractivity contribution in [3.63, 3.8) is 0 Å². The fourth-order valence-electron chi connectivity index (χ4n) is 2.10. The monoisotopic (exact) mass is 235 g/mol. The zero-order valence-corrected chi connectivity index (χ0v) is 11.5. The molecule has 0 bridgehead atoms. The first-order valence-corrected chi connectivity index (χ1v) is 6.70. The summed E-state index contributed by atoms with van der Waals surface area (Å²) in [5.41, 5.74) is 1.28. The van der Waals surface area contributed by atoms with Crippen LogP contribution in [0.1, 0.15) is 39.7 Å². The van der Waals surface area contributed by atoms with E-state index >= 15 is 0 Å². The van der Waals surface area contributed by atoms with E-state index in [-0.39, 0.29) is 6.10 Å². The lowest BCUT2D eigenvalue weighted by Gasteiger charge is -2.25. The van der Waals surface area contributed by atoms with Gasteiger partial charge >= 0.3 is 0 Å². The molecule has 0 aliphatic rings. The summed E-state index contributed by atoms with van der Waals surface area (Å²) in [4.78, 5) is 0. The Balaban J connectivity index is 2.68. The molecule has 2 unspecified atom stereocenters. The van der Waals surface area contributed by atoms with Crippen LogP contribution in [0.5, 0.6) is 5.75 Å². The van der Waals surface area contributed by atoms with Gasteiger partial charge in [0, 0.05) is 6.04 Å². The quantitative estimate of drug-likeness (QED) is 0.782. The summed E-state index contributed by atoms with van der Waals surface area (Å²) in [6.45, 7) is 9.62. The summed E-state index contributed by atoms with van der Waals surface area (Å²) in [5, 5.41) is 3.46. The lowest BCUT2D eigenvalue weighted by molar-refractivity contribution is 0.167. The fourth-order valence-corrected chi connectivity index (χ4v) is 2.10. The average molecular weight is 235 g/mol. The van der Waals surface area contributed by atoms with Crippen LogP contribution in [0, 0.1) is 0 Å². The van der Waals surface area contributed by atoms with Crippen molar-refractivity contribution in [3.8, 4) is 5.75 Å². The molecule has 0 aliphatic carbocycles. The van der Waals surface area contributed by atoms with Gasteiger partial charge in [0.2, 0.25) is 0 Å². The molecule has 2 heteroatoms. The van der Waals surface area contributed by atoms with Crippen molar-refractivity contribution in [2.75, 3.05) is 6.54 Å². The Morgan fingerprint density at radius 1 is 1.18 bits per heavy atom. The topological polar surface area (TPSA) is 21.3 Å². The molecule has 96 valence electrons. The van der Waals surface area contributed by atoms with Crippen molar-refractivity contribution in [1.29, 1.82) is 0 Å². The molecule has 1 aromatic rings. The molecule has 1 rings (SSSR count). The molecular weight excluding hydrogens is 210 g/mol. The first kappa shape index (κ1) is 14.0. The van der Waals surface area contributed by atoms with Gasteiger partial charge in [-0.3, -0.25) is 0 Å². The standard InChI is InChI=1S/C15H25NO/c1-5-13-10-8-9-11-15(13)17-12(4)14(6-2)16-7-3/h8-12,14,16H,5-7H2,1-4H3. The Bertz CT molecular complexity index is 324. The van der Waals surface area contributed by atoms with Crippen LogP contribution in [0.25, 0.3) is 0 Å². The van der Waals surface area contributed by atoms with Gasteiger partial charge in [0.05, 0.1) is 0 Å². The summed E-state index contributed by atoms with van der Waals surface area (Å²) in [6.07, 6.45) is 2.30. The Hall–Kier alpha value is -1.02. The number of rotatable bonds is 7. The van der Waals surface area contributed by atoms with E-state index in [0.717, 1.165) is 25.1 Å². The Morgan fingerprint density at radius 3 is 2.47 bits per heavy atom. The molecule has 0 saturated carbocycles. The first-order valence-electron chi connectivity index (χ1n) is 6.70. The number of likely N-dealkylation sites (N-methyl/N-ethyl adjacent to an activating group) is 1. The molecular formula is C15H25NO. The van der Waals surface area contributed by atoms with Gasteiger partial charge in [-0.05, 0) is 37.9 Å². The van der Waals surface area contributed by atoms with Crippen LogP contribution < -0.4 is 10.1 Å². The third kappa shape index (κ3) is 4.04. The predicted molar refractivity (Wildman–Crippen MR) is 73.7 cm³/mol. The van der Waals surface area contributed by atoms with Crippen LogP contribution in [0.3, 0.4) is 0 Å². The lowest BCUT2D eigenvalue weighted by atomic mass is 10.1. The molecule has 1 N–H and O–H groups in total. The van der Waals surface area contributed by atoms with Crippen molar-refractivity contribution < 1.29 is 4.74 Å². The SMILES string of the molecule is CCNC(CC)C(C)Oc1ccccc1CC. The van der Waals surface area contributed by atoms with Crippen molar-refractivity contribution in [3.05, 3.63) is 29.8 Å². The van der Waals surface area contributed by atoms with Crippen LogP contribution in [-0.2, 0) is 6.42 Å². The molecule has 2 atom stereocenters. The number of para-hydroxylation sites is 1. The van der Waals surface area contributed by atoms with Gasteiger partial charge in [-0.15, -0.1) is 0 Å².